The summed E-state index contributed by atoms with van der Waals surface area (Å²) in [5, 5.41) is 0.465. The number of hydrogen-bond acceptors (Lipinski definition) is 3. The molecular weight excluding hydrogens is 124 g/mol. The number of furan rings is 1. The Bertz CT molecular complexity index is 192. The molecule has 2 nitrogen and oxygen atoms in total. The van der Waals surface area contributed by atoms with Crippen molar-refractivity contribution in [2.24, 2.45) is 0 Å². The van der Waals surface area contributed by atoms with Gasteiger partial charge in [0.15, 0.2) is 11.4 Å². The van der Waals surface area contributed by atoms with Crippen molar-refractivity contribution in [1.82, 2.24) is 0 Å². The van der Waals surface area contributed by atoms with Crippen LogP contribution in [0.1, 0.15) is 10.4 Å². The van der Waals surface area contributed by atoms with Crippen molar-refractivity contribution in [3.8, 4) is 0 Å². The van der Waals surface area contributed by atoms with Gasteiger partial charge in [-0.3, -0.25) is 4.79 Å². The summed E-state index contributed by atoms with van der Waals surface area (Å²) in [6.07, 6.45) is 2.07. The molecule has 0 radical (unpaired) electrons. The minimum atomic E-state index is 0.465. The van der Waals surface area contributed by atoms with Gasteiger partial charge in [0.1, 0.15) is 6.26 Å². The van der Waals surface area contributed by atoms with Crippen molar-refractivity contribution in [3.05, 3.63) is 17.9 Å². The van der Waals surface area contributed by atoms with Crippen LogP contribution in [0.25, 0.3) is 0 Å². The number of hydrogen-bond donors (Lipinski definition) is 1. The maximum atomic E-state index is 9.93. The second-order valence-corrected chi connectivity index (χ2v) is 1.78. The minimum absolute atomic E-state index is 0.465. The van der Waals surface area contributed by atoms with Gasteiger partial charge in [0, 0.05) is 6.07 Å². The first-order valence-corrected chi connectivity index (χ1v) is 2.50. The van der Waals surface area contributed by atoms with E-state index in [1.807, 2.05) is 0 Å². The van der Waals surface area contributed by atoms with Crippen molar-refractivity contribution in [1.29, 1.82) is 0 Å². The van der Waals surface area contributed by atoms with Gasteiger partial charge in [0.05, 0.1) is 5.56 Å². The van der Waals surface area contributed by atoms with E-state index in [9.17, 15) is 4.79 Å². The summed E-state index contributed by atoms with van der Waals surface area (Å²) in [5.41, 5.74) is 0.523. The molecule has 8 heavy (non-hydrogen) atoms. The van der Waals surface area contributed by atoms with E-state index < -0.39 is 0 Å². The first-order valence-electron chi connectivity index (χ1n) is 2.05. The molecule has 0 spiro atoms. The molecule has 0 saturated carbocycles. The Balaban J connectivity index is 3.00. The fraction of sp³-hybridized carbons (Fsp3) is 0. The van der Waals surface area contributed by atoms with Crippen LogP contribution in [0.5, 0.6) is 0 Å². The number of thiol groups is 1. The Morgan fingerprint density at radius 2 is 2.50 bits per heavy atom. The Kier molecular flexibility index (Phi) is 1.39. The molecule has 0 aliphatic rings. The Morgan fingerprint density at radius 1 is 1.75 bits per heavy atom. The van der Waals surface area contributed by atoms with E-state index in [4.69, 9.17) is 0 Å². The molecule has 0 fully saturated rings. The van der Waals surface area contributed by atoms with E-state index in [2.05, 4.69) is 17.0 Å². The average molecular weight is 128 g/mol. The van der Waals surface area contributed by atoms with Crippen LogP contribution in [-0.2, 0) is 0 Å². The molecule has 0 amide bonds. The molecule has 3 heteroatoms. The van der Waals surface area contributed by atoms with Crippen LogP contribution in [0.3, 0.4) is 0 Å². The van der Waals surface area contributed by atoms with Crippen molar-refractivity contribution >= 4 is 18.9 Å². The molecule has 42 valence electrons. The highest BCUT2D eigenvalue weighted by Gasteiger charge is 1.92. The molecule has 1 aromatic rings. The minimum Gasteiger partial charge on any atom is -0.458 e. The van der Waals surface area contributed by atoms with Crippen molar-refractivity contribution in [2.45, 2.75) is 5.09 Å². The summed E-state index contributed by atoms with van der Waals surface area (Å²) in [4.78, 5) is 9.93. The molecule has 0 unspecified atom stereocenters. The van der Waals surface area contributed by atoms with Gasteiger partial charge in [-0.05, 0) is 0 Å². The second-order valence-electron chi connectivity index (χ2n) is 1.34. The molecule has 1 aromatic heterocycles. The molecule has 1 heterocycles. The van der Waals surface area contributed by atoms with Gasteiger partial charge in [0.2, 0.25) is 0 Å². The van der Waals surface area contributed by atoms with Crippen LogP contribution in [0.15, 0.2) is 21.8 Å². The lowest BCUT2D eigenvalue weighted by Crippen LogP contribution is -1.65. The summed E-state index contributed by atoms with van der Waals surface area (Å²) >= 11 is 3.83. The van der Waals surface area contributed by atoms with Crippen molar-refractivity contribution < 1.29 is 9.21 Å². The summed E-state index contributed by atoms with van der Waals surface area (Å²) in [6, 6.07) is 1.55. The van der Waals surface area contributed by atoms with Gasteiger partial charge >= 0.3 is 0 Å². The van der Waals surface area contributed by atoms with Crippen LogP contribution < -0.4 is 0 Å². The van der Waals surface area contributed by atoms with E-state index in [1.165, 1.54) is 6.26 Å². The topological polar surface area (TPSA) is 30.2 Å². The van der Waals surface area contributed by atoms with Crippen LogP contribution in [-0.4, -0.2) is 6.29 Å². The van der Waals surface area contributed by atoms with E-state index in [1.54, 1.807) is 6.07 Å². The molecule has 0 atom stereocenters. The van der Waals surface area contributed by atoms with Gasteiger partial charge in [-0.25, -0.2) is 0 Å². The van der Waals surface area contributed by atoms with Crippen LogP contribution in [0.4, 0.5) is 0 Å². The van der Waals surface area contributed by atoms with Gasteiger partial charge in [0.25, 0.3) is 0 Å². The fourth-order valence-corrected chi connectivity index (χ4v) is 0.603. The lowest BCUT2D eigenvalue weighted by Gasteiger charge is -1.68. The predicted molar refractivity (Wildman–Crippen MR) is 31.3 cm³/mol. The van der Waals surface area contributed by atoms with Crippen LogP contribution in [0, 0.1) is 0 Å². The summed E-state index contributed by atoms with van der Waals surface area (Å²) < 4.78 is 4.69. The highest BCUT2D eigenvalue weighted by Crippen LogP contribution is 2.08. The molecule has 0 bridgehead atoms. The maximum Gasteiger partial charge on any atom is 0.157 e. The lowest BCUT2D eigenvalue weighted by molar-refractivity contribution is 0.112. The number of carbonyl (C=O) groups is 1. The zero-order valence-corrected chi connectivity index (χ0v) is 4.89. The Labute approximate surface area is 51.9 Å². The van der Waals surface area contributed by atoms with Crippen molar-refractivity contribution in [3.63, 3.8) is 0 Å². The van der Waals surface area contributed by atoms with E-state index >= 15 is 0 Å². The van der Waals surface area contributed by atoms with Crippen molar-refractivity contribution in [2.75, 3.05) is 0 Å². The standard InChI is InChI=1S/C5H4O2S/c6-2-4-1-5(8)7-3-4/h1-3,8H. The molecule has 0 saturated heterocycles. The highest BCUT2D eigenvalue weighted by molar-refractivity contribution is 7.80. The number of carbonyl (C=O) groups excluding carboxylic acids is 1. The third-order valence-corrected chi connectivity index (χ3v) is 0.976. The third kappa shape index (κ3) is 0.924. The van der Waals surface area contributed by atoms with E-state index in [0.29, 0.717) is 16.9 Å². The first-order chi connectivity index (χ1) is 3.83. The number of rotatable bonds is 1. The lowest BCUT2D eigenvalue weighted by atomic mass is 10.4. The van der Waals surface area contributed by atoms with E-state index in [-0.39, 0.29) is 0 Å². The molecule has 0 aliphatic heterocycles. The zero-order valence-electron chi connectivity index (χ0n) is 4.00. The smallest absolute Gasteiger partial charge is 0.157 e. The zero-order chi connectivity index (χ0) is 5.98. The SMILES string of the molecule is O=Cc1coc(S)c1. The fourth-order valence-electron chi connectivity index (χ4n) is 0.401. The van der Waals surface area contributed by atoms with Gasteiger partial charge in [-0.15, -0.1) is 12.6 Å². The number of aldehydes is 1. The maximum absolute atomic E-state index is 9.93. The quantitative estimate of drug-likeness (QED) is 0.457. The predicted octanol–water partition coefficient (Wildman–Crippen LogP) is 1.38. The van der Waals surface area contributed by atoms with Gasteiger partial charge in [-0.2, -0.15) is 0 Å². The van der Waals surface area contributed by atoms with E-state index in [0.717, 1.165) is 0 Å². The highest BCUT2D eigenvalue weighted by atomic mass is 32.1. The summed E-state index contributed by atoms with van der Waals surface area (Å²) in [6.45, 7) is 0. The van der Waals surface area contributed by atoms with Crippen LogP contribution in [0.2, 0.25) is 0 Å². The Hall–Kier alpha value is -0.700. The third-order valence-electron chi connectivity index (χ3n) is 0.742. The largest absolute Gasteiger partial charge is 0.458 e. The van der Waals surface area contributed by atoms with Crippen LogP contribution >= 0.6 is 12.6 Å². The normalized spacial score (nSPS) is 9.12. The molecule has 0 aromatic carbocycles. The van der Waals surface area contributed by atoms with Gasteiger partial charge in [-0.1, -0.05) is 0 Å². The first kappa shape index (κ1) is 5.44. The van der Waals surface area contributed by atoms with Gasteiger partial charge < -0.3 is 4.42 Å². The molecular formula is C5H4O2S. The summed E-state index contributed by atoms with van der Waals surface area (Å²) in [7, 11) is 0. The summed E-state index contributed by atoms with van der Waals surface area (Å²) in [5.74, 6) is 0. The molecule has 1 rings (SSSR count). The monoisotopic (exact) mass is 128 g/mol. The molecule has 0 N–H and O–H groups in total. The second kappa shape index (κ2) is 2.05. The molecule has 0 aliphatic carbocycles. The Morgan fingerprint density at radius 3 is 2.75 bits per heavy atom. The average Bonchev–Trinajstić information content (AvgIpc) is 2.14.